The van der Waals surface area contributed by atoms with E-state index in [4.69, 9.17) is 9.47 Å². The smallest absolute Gasteiger partial charge is 0.150 e. The van der Waals surface area contributed by atoms with E-state index in [1.807, 2.05) is 44.2 Å². The number of ether oxygens (including phenoxy) is 2. The van der Waals surface area contributed by atoms with Crippen LogP contribution in [0.2, 0.25) is 0 Å². The van der Waals surface area contributed by atoms with Crippen LogP contribution in [0.1, 0.15) is 36.6 Å². The maximum absolute atomic E-state index is 11.5. The first-order chi connectivity index (χ1) is 16.1. The van der Waals surface area contributed by atoms with Crippen molar-refractivity contribution in [2.45, 2.75) is 20.0 Å². The van der Waals surface area contributed by atoms with Crippen molar-refractivity contribution in [2.24, 2.45) is 5.92 Å². The SMILES string of the molecule is CC1=C(c2cccc(O)c2)C(c2ccc(OC[C@H](C)CS(C)(=O)=O)cc2)Oc2ccc(O)cc21. The van der Waals surface area contributed by atoms with Gasteiger partial charge >= 0.3 is 0 Å². The molecule has 0 amide bonds. The van der Waals surface area contributed by atoms with Crippen molar-refractivity contribution in [3.05, 3.63) is 83.4 Å². The van der Waals surface area contributed by atoms with Crippen LogP contribution in [0.25, 0.3) is 11.1 Å². The largest absolute Gasteiger partial charge is 0.508 e. The molecule has 4 rings (SSSR count). The average molecular weight is 481 g/mol. The number of sulfone groups is 1. The number of hydrogen-bond acceptors (Lipinski definition) is 6. The van der Waals surface area contributed by atoms with Crippen LogP contribution >= 0.6 is 0 Å². The van der Waals surface area contributed by atoms with E-state index in [-0.39, 0.29) is 23.2 Å². The Balaban J connectivity index is 1.65. The van der Waals surface area contributed by atoms with Crippen LogP contribution < -0.4 is 9.47 Å². The van der Waals surface area contributed by atoms with Crippen molar-refractivity contribution in [3.8, 4) is 23.0 Å². The first kappa shape index (κ1) is 23.7. The molecule has 2 atom stereocenters. The minimum absolute atomic E-state index is 0.0767. The summed E-state index contributed by atoms with van der Waals surface area (Å²) in [6.07, 6.45) is 0.790. The molecule has 0 bridgehead atoms. The van der Waals surface area contributed by atoms with Crippen LogP contribution in [-0.4, -0.2) is 37.2 Å². The fourth-order valence-corrected chi connectivity index (χ4v) is 5.39. The van der Waals surface area contributed by atoms with E-state index in [0.717, 1.165) is 27.8 Å². The van der Waals surface area contributed by atoms with Crippen molar-refractivity contribution in [1.82, 2.24) is 0 Å². The van der Waals surface area contributed by atoms with Gasteiger partial charge in [0.1, 0.15) is 38.9 Å². The van der Waals surface area contributed by atoms with Crippen LogP contribution in [0.3, 0.4) is 0 Å². The van der Waals surface area contributed by atoms with E-state index in [0.29, 0.717) is 18.1 Å². The first-order valence-electron chi connectivity index (χ1n) is 11.0. The third kappa shape index (κ3) is 5.37. The van der Waals surface area contributed by atoms with Gasteiger partial charge in [0.2, 0.25) is 0 Å². The molecule has 3 aromatic carbocycles. The van der Waals surface area contributed by atoms with Crippen molar-refractivity contribution < 1.29 is 28.1 Å². The molecule has 1 aliphatic rings. The van der Waals surface area contributed by atoms with Gasteiger partial charge in [0, 0.05) is 23.3 Å². The Morgan fingerprint density at radius 2 is 1.71 bits per heavy atom. The minimum Gasteiger partial charge on any atom is -0.508 e. The molecule has 3 aromatic rings. The minimum atomic E-state index is -3.05. The van der Waals surface area contributed by atoms with Gasteiger partial charge in [-0.2, -0.15) is 0 Å². The third-order valence-corrected chi connectivity index (χ3v) is 6.91. The molecule has 178 valence electrons. The summed E-state index contributed by atoms with van der Waals surface area (Å²) in [6.45, 7) is 4.13. The summed E-state index contributed by atoms with van der Waals surface area (Å²) >= 11 is 0. The topological polar surface area (TPSA) is 93.1 Å². The van der Waals surface area contributed by atoms with Gasteiger partial charge in [-0.05, 0) is 66.1 Å². The summed E-state index contributed by atoms with van der Waals surface area (Å²) in [5.41, 5.74) is 4.36. The van der Waals surface area contributed by atoms with Crippen LogP contribution in [0.15, 0.2) is 66.7 Å². The molecule has 1 heterocycles. The zero-order chi connectivity index (χ0) is 24.5. The molecular weight excluding hydrogens is 452 g/mol. The zero-order valence-electron chi connectivity index (χ0n) is 19.4. The Morgan fingerprint density at radius 1 is 1.00 bits per heavy atom. The molecule has 0 aliphatic carbocycles. The molecule has 0 spiro atoms. The van der Waals surface area contributed by atoms with Gasteiger partial charge in [0.25, 0.3) is 0 Å². The quantitative estimate of drug-likeness (QED) is 0.482. The highest BCUT2D eigenvalue weighted by Gasteiger charge is 2.29. The van der Waals surface area contributed by atoms with Gasteiger partial charge in [-0.3, -0.25) is 0 Å². The van der Waals surface area contributed by atoms with Gasteiger partial charge in [-0.1, -0.05) is 31.2 Å². The standard InChI is InChI=1S/C27H28O6S/c1-17(16-34(3,30)31)15-32-23-10-7-19(8-11-23)27-26(20-5-4-6-21(28)13-20)18(2)24-14-22(29)9-12-25(24)33-27/h4-14,17,27-29H,15-16H2,1-3H3/t17-,27?/m0/s1. The molecule has 1 unspecified atom stereocenters. The van der Waals surface area contributed by atoms with Gasteiger partial charge in [0.15, 0.2) is 0 Å². The molecule has 2 N–H and O–H groups in total. The molecule has 1 aliphatic heterocycles. The lowest BCUT2D eigenvalue weighted by Crippen LogP contribution is -2.18. The second-order valence-corrected chi connectivity index (χ2v) is 11.0. The number of hydrogen-bond donors (Lipinski definition) is 2. The van der Waals surface area contributed by atoms with Crippen LogP contribution in [0.5, 0.6) is 23.0 Å². The predicted molar refractivity (Wildman–Crippen MR) is 133 cm³/mol. The zero-order valence-corrected chi connectivity index (χ0v) is 20.2. The van der Waals surface area contributed by atoms with E-state index < -0.39 is 15.9 Å². The van der Waals surface area contributed by atoms with Crippen LogP contribution in [-0.2, 0) is 9.84 Å². The highest BCUT2D eigenvalue weighted by molar-refractivity contribution is 7.90. The lowest BCUT2D eigenvalue weighted by atomic mass is 9.86. The predicted octanol–water partition coefficient (Wildman–Crippen LogP) is 5.22. The van der Waals surface area contributed by atoms with Crippen molar-refractivity contribution in [1.29, 1.82) is 0 Å². The third-order valence-electron chi connectivity index (χ3n) is 5.74. The number of aromatic hydroxyl groups is 2. The van der Waals surface area contributed by atoms with Gasteiger partial charge < -0.3 is 19.7 Å². The molecule has 0 radical (unpaired) electrons. The molecule has 0 saturated heterocycles. The van der Waals surface area contributed by atoms with E-state index in [9.17, 15) is 18.6 Å². The monoisotopic (exact) mass is 480 g/mol. The summed E-state index contributed by atoms with van der Waals surface area (Å²) in [7, 11) is -3.05. The summed E-state index contributed by atoms with van der Waals surface area (Å²) in [5.74, 6) is 1.58. The summed E-state index contributed by atoms with van der Waals surface area (Å²) in [5, 5.41) is 20.1. The lowest BCUT2D eigenvalue weighted by molar-refractivity contribution is 0.258. The molecule has 34 heavy (non-hydrogen) atoms. The Kier molecular flexibility index (Phi) is 6.57. The molecule has 0 aromatic heterocycles. The summed E-state index contributed by atoms with van der Waals surface area (Å²) < 4.78 is 35.1. The van der Waals surface area contributed by atoms with E-state index in [1.54, 1.807) is 36.4 Å². The number of phenolic OH excluding ortho intramolecular Hbond substituents is 2. The highest BCUT2D eigenvalue weighted by atomic mass is 32.2. The lowest BCUT2D eigenvalue weighted by Gasteiger charge is -2.31. The van der Waals surface area contributed by atoms with Crippen molar-refractivity contribution in [3.63, 3.8) is 0 Å². The number of allylic oxidation sites excluding steroid dienone is 1. The molecular formula is C27H28O6S. The first-order valence-corrected chi connectivity index (χ1v) is 13.1. The molecule has 6 nitrogen and oxygen atoms in total. The van der Waals surface area contributed by atoms with Gasteiger partial charge in [-0.15, -0.1) is 0 Å². The Labute approximate surface area is 200 Å². The highest BCUT2D eigenvalue weighted by Crippen LogP contribution is 2.47. The summed E-state index contributed by atoms with van der Waals surface area (Å²) in [6, 6.07) is 19.6. The second kappa shape index (κ2) is 9.43. The van der Waals surface area contributed by atoms with Crippen molar-refractivity contribution in [2.75, 3.05) is 18.6 Å². The number of phenols is 2. The maximum atomic E-state index is 11.5. The second-order valence-electron chi connectivity index (χ2n) is 8.84. The molecule has 7 heteroatoms. The number of rotatable bonds is 7. The Bertz CT molecular complexity index is 1330. The van der Waals surface area contributed by atoms with Crippen LogP contribution in [0.4, 0.5) is 0 Å². The maximum Gasteiger partial charge on any atom is 0.150 e. The number of benzene rings is 3. The fourth-order valence-electron chi connectivity index (χ4n) is 4.26. The van der Waals surface area contributed by atoms with Gasteiger partial charge in [-0.25, -0.2) is 8.42 Å². The van der Waals surface area contributed by atoms with Crippen molar-refractivity contribution >= 4 is 21.0 Å². The fraction of sp³-hybridized carbons (Fsp3) is 0.259. The van der Waals surface area contributed by atoms with Gasteiger partial charge in [0.05, 0.1) is 12.4 Å². The van der Waals surface area contributed by atoms with E-state index in [2.05, 4.69) is 0 Å². The van der Waals surface area contributed by atoms with E-state index >= 15 is 0 Å². The number of fused-ring (bicyclic) bond motifs is 1. The average Bonchev–Trinajstić information content (AvgIpc) is 2.77. The summed E-state index contributed by atoms with van der Waals surface area (Å²) in [4.78, 5) is 0. The van der Waals surface area contributed by atoms with E-state index in [1.165, 1.54) is 6.26 Å². The normalized spacial score (nSPS) is 16.5. The molecule has 0 fully saturated rings. The Morgan fingerprint density at radius 3 is 2.38 bits per heavy atom. The Hall–Kier alpha value is -3.45. The van der Waals surface area contributed by atoms with Crippen LogP contribution in [0, 0.1) is 5.92 Å². The molecule has 0 saturated carbocycles.